The van der Waals surface area contributed by atoms with E-state index in [-0.39, 0.29) is 5.78 Å². The van der Waals surface area contributed by atoms with Crippen LogP contribution in [-0.2, 0) is 34.1 Å². The molecule has 0 aliphatic rings. The second-order valence-electron chi connectivity index (χ2n) is 6.08. The Labute approximate surface area is 143 Å². The smallest absolute Gasteiger partial charge is 0.230 e. The first-order valence-corrected chi connectivity index (χ1v) is 8.39. The van der Waals surface area contributed by atoms with E-state index in [1.54, 1.807) is 0 Å². The van der Waals surface area contributed by atoms with Crippen molar-refractivity contribution < 1.29 is 19.3 Å². The van der Waals surface area contributed by atoms with Crippen LogP contribution in [0.2, 0.25) is 0 Å². The maximum atomic E-state index is 12.5. The molecule has 0 aliphatic heterocycles. The Morgan fingerprint density at radius 3 is 2.54 bits per heavy atom. The molecule has 0 spiro atoms. The Morgan fingerprint density at radius 2 is 1.88 bits per heavy atom. The summed E-state index contributed by atoms with van der Waals surface area (Å²) in [5.41, 5.74) is 4.60. The van der Waals surface area contributed by atoms with E-state index in [1.165, 1.54) is 11.1 Å². The number of aromatic nitrogens is 2. The minimum absolute atomic E-state index is 0.197. The van der Waals surface area contributed by atoms with E-state index in [0.717, 1.165) is 11.1 Å². The van der Waals surface area contributed by atoms with Gasteiger partial charge in [0.15, 0.2) is 6.20 Å². The number of carbonyl (C=O) groups excluding carboxylic acids is 1. The molecule has 0 unspecified atom stereocenters. The molecule has 0 fully saturated rings. The summed E-state index contributed by atoms with van der Waals surface area (Å²) in [7, 11) is 0. The minimum Gasteiger partial charge on any atom is -0.292 e. The van der Waals surface area contributed by atoms with Gasteiger partial charge in [0.05, 0.1) is 12.8 Å². The second-order valence-corrected chi connectivity index (χ2v) is 6.08. The average Bonchev–Trinajstić information content (AvgIpc) is 2.87. The average molecular weight is 331 g/mol. The van der Waals surface area contributed by atoms with Crippen LogP contribution < -0.4 is 4.68 Å². The van der Waals surface area contributed by atoms with Gasteiger partial charge in [-0.1, -0.05) is 18.2 Å². The molecule has 5 nitrogen and oxygen atoms in total. The highest BCUT2D eigenvalue weighted by atomic mass is 17.2. The van der Waals surface area contributed by atoms with Crippen molar-refractivity contribution in [2.24, 2.45) is 0 Å². The predicted molar refractivity (Wildman–Crippen MR) is 91.6 cm³/mol. The van der Waals surface area contributed by atoms with Gasteiger partial charge in [0.1, 0.15) is 13.2 Å². The van der Waals surface area contributed by atoms with Crippen molar-refractivity contribution >= 4 is 5.78 Å². The molecule has 0 atom stereocenters. The highest BCUT2D eigenvalue weighted by Crippen LogP contribution is 2.14. The van der Waals surface area contributed by atoms with Crippen LogP contribution >= 0.6 is 0 Å². The fourth-order valence-electron chi connectivity index (χ4n) is 2.82. The third-order valence-electron chi connectivity index (χ3n) is 4.00. The second kappa shape index (κ2) is 8.76. The summed E-state index contributed by atoms with van der Waals surface area (Å²) >= 11 is 0. The van der Waals surface area contributed by atoms with Gasteiger partial charge in [0.25, 0.3) is 0 Å². The van der Waals surface area contributed by atoms with Gasteiger partial charge in [-0.25, -0.2) is 9.78 Å². The van der Waals surface area contributed by atoms with Crippen LogP contribution in [0.3, 0.4) is 0 Å². The van der Waals surface area contributed by atoms with Gasteiger partial charge in [0.2, 0.25) is 12.3 Å². The minimum atomic E-state index is 0.197. The van der Waals surface area contributed by atoms with E-state index in [2.05, 4.69) is 26.0 Å². The third kappa shape index (κ3) is 5.01. The van der Waals surface area contributed by atoms with E-state index in [4.69, 9.17) is 9.78 Å². The molecule has 1 aromatic carbocycles. The van der Waals surface area contributed by atoms with E-state index in [9.17, 15) is 4.79 Å². The lowest BCUT2D eigenvalue weighted by atomic mass is 9.98. The zero-order valence-corrected chi connectivity index (χ0v) is 15.0. The van der Waals surface area contributed by atoms with Crippen LogP contribution in [0.5, 0.6) is 0 Å². The quantitative estimate of drug-likeness (QED) is 0.307. The van der Waals surface area contributed by atoms with Gasteiger partial charge in [-0.2, -0.15) is 4.68 Å². The monoisotopic (exact) mass is 331 g/mol. The number of hydrogen-bond donors (Lipinski definition) is 0. The van der Waals surface area contributed by atoms with Crippen molar-refractivity contribution in [3.63, 3.8) is 0 Å². The lowest BCUT2D eigenvalue weighted by molar-refractivity contribution is -0.764. The van der Waals surface area contributed by atoms with Crippen molar-refractivity contribution in [3.05, 3.63) is 52.8 Å². The lowest BCUT2D eigenvalue weighted by Crippen LogP contribution is -2.46. The molecule has 0 amide bonds. The van der Waals surface area contributed by atoms with Gasteiger partial charge in [-0.05, 0) is 44.4 Å². The van der Waals surface area contributed by atoms with Gasteiger partial charge in [-0.3, -0.25) is 4.79 Å². The van der Waals surface area contributed by atoms with Crippen LogP contribution in [0, 0.1) is 20.8 Å². The third-order valence-corrected chi connectivity index (χ3v) is 4.00. The normalized spacial score (nSPS) is 11.0. The molecule has 0 N–H and O–H groups in total. The Bertz CT molecular complexity index is 672. The molecular formula is C19H27N2O3+. The van der Waals surface area contributed by atoms with Crippen LogP contribution in [0.1, 0.15) is 29.2 Å². The van der Waals surface area contributed by atoms with Crippen molar-refractivity contribution in [3.8, 4) is 0 Å². The zero-order valence-electron chi connectivity index (χ0n) is 15.0. The molecule has 2 aromatic rings. The summed E-state index contributed by atoms with van der Waals surface area (Å²) in [5, 5.41) is 0. The molecule has 130 valence electrons. The van der Waals surface area contributed by atoms with Crippen LogP contribution in [-0.4, -0.2) is 23.7 Å². The lowest BCUT2D eigenvalue weighted by Gasteiger charge is -2.08. The summed E-state index contributed by atoms with van der Waals surface area (Å²) < 4.78 is 3.94. The number of Topliss-reactive ketones (excluding diaryl/α,β-unsaturated/α-hetero) is 1. The maximum absolute atomic E-state index is 12.5. The molecule has 0 radical (unpaired) electrons. The fraction of sp³-hybridized carbons (Fsp3) is 0.474. The highest BCUT2D eigenvalue weighted by molar-refractivity contribution is 5.80. The number of rotatable bonds is 9. The van der Waals surface area contributed by atoms with Crippen LogP contribution in [0.4, 0.5) is 0 Å². The van der Waals surface area contributed by atoms with E-state index in [1.807, 2.05) is 41.7 Å². The fourth-order valence-corrected chi connectivity index (χ4v) is 2.82. The standard InChI is InChI=1S/C19H27N2O3/c1-5-23-24-10-9-20-12-15(2)13-21(20)14-18(22)11-19-16(3)7-6-8-17(19)4/h6-8,12-13H,5,9-11,14H2,1-4H3/q+1. The number of carbonyl (C=O) groups is 1. The van der Waals surface area contributed by atoms with E-state index < -0.39 is 0 Å². The Hall–Kier alpha value is -1.98. The van der Waals surface area contributed by atoms with E-state index in [0.29, 0.717) is 32.7 Å². The molecule has 0 saturated carbocycles. The van der Waals surface area contributed by atoms with Gasteiger partial charge >= 0.3 is 0 Å². The predicted octanol–water partition coefficient (Wildman–Crippen LogP) is 2.48. The molecule has 5 heteroatoms. The molecule has 1 heterocycles. The first kappa shape index (κ1) is 18.4. The zero-order chi connectivity index (χ0) is 17.5. The molecule has 0 saturated heterocycles. The molecule has 2 rings (SSSR count). The summed E-state index contributed by atoms with van der Waals surface area (Å²) in [6, 6.07) is 6.14. The molecule has 0 bridgehead atoms. The van der Waals surface area contributed by atoms with Gasteiger partial charge in [-0.15, -0.1) is 4.68 Å². The van der Waals surface area contributed by atoms with Crippen LogP contribution in [0.15, 0.2) is 30.6 Å². The maximum Gasteiger partial charge on any atom is 0.230 e. The molecule has 1 aromatic heterocycles. The van der Waals surface area contributed by atoms with Crippen LogP contribution in [0.25, 0.3) is 0 Å². The first-order valence-electron chi connectivity index (χ1n) is 8.39. The highest BCUT2D eigenvalue weighted by Gasteiger charge is 2.18. The summed E-state index contributed by atoms with van der Waals surface area (Å²) in [5.74, 6) is 0.197. The summed E-state index contributed by atoms with van der Waals surface area (Å²) in [4.78, 5) is 22.5. The Balaban J connectivity index is 2.01. The van der Waals surface area contributed by atoms with Gasteiger partial charge < -0.3 is 0 Å². The van der Waals surface area contributed by atoms with Crippen molar-refractivity contribution in [2.75, 3.05) is 13.2 Å². The Morgan fingerprint density at radius 1 is 1.17 bits per heavy atom. The number of nitrogens with zero attached hydrogens (tertiary/aromatic N) is 2. The summed E-state index contributed by atoms with van der Waals surface area (Å²) in [6.07, 6.45) is 4.47. The number of aryl methyl sites for hydroxylation is 3. The van der Waals surface area contributed by atoms with Crippen molar-refractivity contribution in [2.45, 2.75) is 47.2 Å². The summed E-state index contributed by atoms with van der Waals surface area (Å²) in [6.45, 7) is 9.99. The number of hydrogen-bond acceptors (Lipinski definition) is 3. The molecule has 24 heavy (non-hydrogen) atoms. The topological polar surface area (TPSA) is 44.3 Å². The van der Waals surface area contributed by atoms with Crippen molar-refractivity contribution in [1.82, 2.24) is 4.68 Å². The SMILES string of the molecule is CCOOCCn1cc(C)c[n+]1CC(=O)Cc1c(C)cccc1C. The number of benzene rings is 1. The first-order chi connectivity index (χ1) is 11.5. The Kier molecular flexibility index (Phi) is 6.70. The van der Waals surface area contributed by atoms with E-state index >= 15 is 0 Å². The van der Waals surface area contributed by atoms with Crippen molar-refractivity contribution in [1.29, 1.82) is 0 Å². The largest absolute Gasteiger partial charge is 0.292 e. The van der Waals surface area contributed by atoms with Gasteiger partial charge in [0, 0.05) is 12.0 Å². The molecular weight excluding hydrogens is 304 g/mol. The number of ketones is 1. The molecule has 0 aliphatic carbocycles.